The highest BCUT2D eigenvalue weighted by Gasteiger charge is 2.65. The average molecular weight is 387 g/mol. The first kappa shape index (κ1) is 18.4. The Morgan fingerprint density at radius 2 is 2.11 bits per heavy atom. The highest BCUT2D eigenvalue weighted by atomic mass is 16.6. The van der Waals surface area contributed by atoms with Crippen molar-refractivity contribution in [1.82, 2.24) is 0 Å². The fourth-order valence-electron chi connectivity index (χ4n) is 6.52. The number of epoxide rings is 1. The third-order valence-corrected chi connectivity index (χ3v) is 8.06. The highest BCUT2D eigenvalue weighted by Crippen LogP contribution is 2.62. The lowest BCUT2D eigenvalue weighted by molar-refractivity contribution is -0.675. The Bertz CT molecular complexity index is 761. The Labute approximate surface area is 167 Å². The number of quaternary nitrogens is 1. The zero-order valence-electron chi connectivity index (χ0n) is 17.0. The summed E-state index contributed by atoms with van der Waals surface area (Å²) in [5.41, 5.74) is 1.56. The van der Waals surface area contributed by atoms with Crippen LogP contribution >= 0.6 is 0 Å². The van der Waals surface area contributed by atoms with Gasteiger partial charge in [-0.2, -0.15) is 0 Å². The minimum atomic E-state index is 0.00184. The molecule has 1 aromatic carbocycles. The molecule has 5 heteroatoms. The van der Waals surface area contributed by atoms with Crippen LogP contribution in [-0.2, 0) is 20.8 Å². The highest BCUT2D eigenvalue weighted by molar-refractivity contribution is 5.75. The monoisotopic (exact) mass is 386 g/mol. The molecule has 1 aromatic rings. The van der Waals surface area contributed by atoms with Gasteiger partial charge >= 0.3 is 5.97 Å². The van der Waals surface area contributed by atoms with Gasteiger partial charge in [0.15, 0.2) is 0 Å². The van der Waals surface area contributed by atoms with Gasteiger partial charge in [0.1, 0.15) is 24.3 Å². The van der Waals surface area contributed by atoms with Crippen molar-refractivity contribution in [3.8, 4) is 5.75 Å². The molecule has 2 aliphatic heterocycles. The molecular formula is C23H32NO4+. The van der Waals surface area contributed by atoms with Crippen molar-refractivity contribution >= 4 is 5.97 Å². The van der Waals surface area contributed by atoms with Crippen LogP contribution in [0, 0.1) is 23.2 Å². The van der Waals surface area contributed by atoms with Crippen molar-refractivity contribution in [3.63, 3.8) is 0 Å². The lowest BCUT2D eigenvalue weighted by Gasteiger charge is -2.51. The number of para-hydroxylation sites is 1. The Kier molecular flexibility index (Phi) is 4.44. The lowest BCUT2D eigenvalue weighted by atomic mass is 9.53. The van der Waals surface area contributed by atoms with E-state index in [0.29, 0.717) is 11.8 Å². The van der Waals surface area contributed by atoms with Crippen molar-refractivity contribution in [3.05, 3.63) is 29.8 Å². The standard InChI is InChI=1S/C23H31NO4/c1-22-8-5-9-23(14-27-23)20(22)10-16-17(21(25)28-19(16)11-22)13-24-12-15-6-3-4-7-18(15)26-2/h3-4,6-7,16-17,19-20,24H,5,8-14H2,1-2H3/p+1/t16-,17-,19-,20+,22-,23-/m1/s1. The molecule has 5 rings (SSSR count). The molecule has 5 nitrogen and oxygen atoms in total. The van der Waals surface area contributed by atoms with Gasteiger partial charge in [0.2, 0.25) is 0 Å². The SMILES string of the molecule is COc1ccccc1C[NH2+]C[C@H]1C(=O)O[C@@H]2C[C@@]3(C)CCC[C@@]4(CO4)[C@H]3C[C@@H]21. The maximum Gasteiger partial charge on any atom is 0.315 e. The molecule has 4 fully saturated rings. The number of ether oxygens (including phenoxy) is 3. The summed E-state index contributed by atoms with van der Waals surface area (Å²) in [5, 5.41) is 2.24. The van der Waals surface area contributed by atoms with Crippen LogP contribution in [0.2, 0.25) is 0 Å². The molecule has 152 valence electrons. The summed E-state index contributed by atoms with van der Waals surface area (Å²) in [6, 6.07) is 8.10. The van der Waals surface area contributed by atoms with Gasteiger partial charge in [-0.25, -0.2) is 0 Å². The van der Waals surface area contributed by atoms with E-state index in [0.717, 1.165) is 38.3 Å². The Morgan fingerprint density at radius 3 is 2.89 bits per heavy atom. The molecule has 2 saturated carbocycles. The van der Waals surface area contributed by atoms with Crippen LogP contribution in [0.15, 0.2) is 24.3 Å². The molecule has 2 heterocycles. The summed E-state index contributed by atoms with van der Waals surface area (Å²) >= 11 is 0. The number of rotatable bonds is 5. The third kappa shape index (κ3) is 2.94. The Balaban J connectivity index is 1.27. The maximum atomic E-state index is 12.7. The number of carbonyl (C=O) groups is 1. The van der Waals surface area contributed by atoms with Gasteiger partial charge in [-0.1, -0.05) is 19.1 Å². The predicted octanol–water partition coefficient (Wildman–Crippen LogP) is 2.29. The summed E-state index contributed by atoms with van der Waals surface area (Å²) in [5.74, 6) is 1.86. The van der Waals surface area contributed by atoms with Crippen LogP contribution in [0.25, 0.3) is 0 Å². The first-order chi connectivity index (χ1) is 13.5. The summed E-state index contributed by atoms with van der Waals surface area (Å²) in [4.78, 5) is 12.7. The van der Waals surface area contributed by atoms with Gasteiger partial charge in [0.25, 0.3) is 0 Å². The number of esters is 1. The van der Waals surface area contributed by atoms with Crippen molar-refractivity contribution in [2.24, 2.45) is 23.2 Å². The van der Waals surface area contributed by atoms with E-state index >= 15 is 0 Å². The number of hydrogen-bond donors (Lipinski definition) is 1. The lowest BCUT2D eigenvalue weighted by Crippen LogP contribution is -2.84. The third-order valence-electron chi connectivity index (χ3n) is 8.06. The van der Waals surface area contributed by atoms with E-state index < -0.39 is 0 Å². The smallest absolute Gasteiger partial charge is 0.315 e. The van der Waals surface area contributed by atoms with Gasteiger partial charge in [-0.15, -0.1) is 0 Å². The fraction of sp³-hybridized carbons (Fsp3) is 0.696. The van der Waals surface area contributed by atoms with Gasteiger partial charge in [0.05, 0.1) is 25.9 Å². The molecule has 28 heavy (non-hydrogen) atoms. The van der Waals surface area contributed by atoms with Crippen LogP contribution in [0.1, 0.15) is 44.6 Å². The van der Waals surface area contributed by atoms with E-state index in [4.69, 9.17) is 14.2 Å². The van der Waals surface area contributed by atoms with Crippen molar-refractivity contribution in [2.45, 2.75) is 57.3 Å². The second kappa shape index (κ2) is 6.74. The second-order valence-corrected chi connectivity index (χ2v) is 9.64. The number of nitrogens with two attached hydrogens (primary N) is 1. The Morgan fingerprint density at radius 1 is 1.29 bits per heavy atom. The average Bonchev–Trinajstić information content (AvgIpc) is 3.38. The zero-order chi connectivity index (χ0) is 19.4. The molecule has 4 aliphatic rings. The molecule has 2 N–H and O–H groups in total. The van der Waals surface area contributed by atoms with Gasteiger partial charge in [0, 0.05) is 11.5 Å². The van der Waals surface area contributed by atoms with Crippen molar-refractivity contribution < 1.29 is 24.3 Å². The first-order valence-corrected chi connectivity index (χ1v) is 10.8. The normalized spacial score (nSPS) is 41.3. The van der Waals surface area contributed by atoms with E-state index in [-0.39, 0.29) is 29.0 Å². The molecule has 1 spiro atoms. The topological polar surface area (TPSA) is 64.7 Å². The minimum absolute atomic E-state index is 0.00184. The van der Waals surface area contributed by atoms with Gasteiger partial charge < -0.3 is 19.5 Å². The number of methoxy groups -OCH3 is 1. The van der Waals surface area contributed by atoms with Crippen molar-refractivity contribution in [1.29, 1.82) is 0 Å². The number of fused-ring (bicyclic) bond motifs is 3. The van der Waals surface area contributed by atoms with E-state index in [1.807, 2.05) is 18.2 Å². The van der Waals surface area contributed by atoms with E-state index in [2.05, 4.69) is 18.3 Å². The molecule has 2 aliphatic carbocycles. The second-order valence-electron chi connectivity index (χ2n) is 9.64. The number of benzene rings is 1. The summed E-state index contributed by atoms with van der Waals surface area (Å²) in [6.07, 6.45) is 5.89. The molecule has 0 bridgehead atoms. The number of carbonyl (C=O) groups excluding carboxylic acids is 1. The van der Waals surface area contributed by atoms with Crippen LogP contribution in [0.5, 0.6) is 5.75 Å². The molecule has 0 amide bonds. The number of hydrogen-bond acceptors (Lipinski definition) is 4. The molecule has 0 unspecified atom stereocenters. The van der Waals surface area contributed by atoms with E-state index in [1.54, 1.807) is 7.11 Å². The molecule has 0 aromatic heterocycles. The maximum absolute atomic E-state index is 12.7. The van der Waals surface area contributed by atoms with Gasteiger partial charge in [-0.3, -0.25) is 4.79 Å². The van der Waals surface area contributed by atoms with Crippen LogP contribution in [0.4, 0.5) is 0 Å². The van der Waals surface area contributed by atoms with Crippen molar-refractivity contribution in [2.75, 3.05) is 20.3 Å². The van der Waals surface area contributed by atoms with E-state index in [1.165, 1.54) is 24.8 Å². The summed E-state index contributed by atoms with van der Waals surface area (Å²) < 4.78 is 17.4. The fourth-order valence-corrected chi connectivity index (χ4v) is 6.52. The molecule has 6 atom stereocenters. The molecular weight excluding hydrogens is 354 g/mol. The Hall–Kier alpha value is -1.59. The van der Waals surface area contributed by atoms with Crippen LogP contribution in [0.3, 0.4) is 0 Å². The zero-order valence-corrected chi connectivity index (χ0v) is 17.0. The van der Waals surface area contributed by atoms with E-state index in [9.17, 15) is 4.79 Å². The quantitative estimate of drug-likeness (QED) is 0.623. The molecule has 0 radical (unpaired) electrons. The first-order valence-electron chi connectivity index (χ1n) is 10.8. The van der Waals surface area contributed by atoms with Crippen LogP contribution < -0.4 is 10.1 Å². The predicted molar refractivity (Wildman–Crippen MR) is 104 cm³/mol. The van der Waals surface area contributed by atoms with Crippen LogP contribution in [-0.4, -0.2) is 37.9 Å². The largest absolute Gasteiger partial charge is 0.496 e. The summed E-state index contributed by atoms with van der Waals surface area (Å²) in [6.45, 7) is 4.93. The van der Waals surface area contributed by atoms with Gasteiger partial charge in [-0.05, 0) is 55.6 Å². The minimum Gasteiger partial charge on any atom is -0.496 e. The summed E-state index contributed by atoms with van der Waals surface area (Å²) in [7, 11) is 1.71. The molecule has 2 saturated heterocycles.